The minimum absolute atomic E-state index is 0.237. The lowest BCUT2D eigenvalue weighted by molar-refractivity contribution is -0.115. The zero-order valence-corrected chi connectivity index (χ0v) is 13.5. The van der Waals surface area contributed by atoms with Crippen molar-refractivity contribution in [1.82, 2.24) is 14.6 Å². The van der Waals surface area contributed by atoms with Gasteiger partial charge in [-0.05, 0) is 19.1 Å². The van der Waals surface area contributed by atoms with Crippen molar-refractivity contribution in [2.45, 2.75) is 12.3 Å². The van der Waals surface area contributed by atoms with Crippen molar-refractivity contribution < 1.29 is 9.53 Å². The van der Waals surface area contributed by atoms with Gasteiger partial charge in [-0.15, -0.1) is 28.0 Å². The van der Waals surface area contributed by atoms with E-state index >= 15 is 0 Å². The molecule has 1 amide bonds. The molecule has 0 radical (unpaired) electrons. The first kappa shape index (κ1) is 14.8. The number of rotatable bonds is 4. The van der Waals surface area contributed by atoms with Crippen molar-refractivity contribution in [2.24, 2.45) is 0 Å². The number of thiazole rings is 1. The Kier molecular flexibility index (Phi) is 4.00. The van der Waals surface area contributed by atoms with Crippen LogP contribution in [-0.4, -0.2) is 33.0 Å². The molecule has 6 nitrogen and oxygen atoms in total. The second-order valence-electron chi connectivity index (χ2n) is 4.56. The molecule has 0 aliphatic carbocycles. The van der Waals surface area contributed by atoms with E-state index in [9.17, 15) is 4.79 Å². The lowest BCUT2D eigenvalue weighted by Crippen LogP contribution is -2.21. The number of nitrogens with zero attached hydrogens (tertiary/aromatic N) is 3. The van der Waals surface area contributed by atoms with Crippen LogP contribution in [0.1, 0.15) is 6.92 Å². The van der Waals surface area contributed by atoms with E-state index in [1.165, 1.54) is 11.3 Å². The quantitative estimate of drug-likeness (QED) is 0.743. The van der Waals surface area contributed by atoms with Crippen molar-refractivity contribution in [3.05, 3.63) is 29.6 Å². The van der Waals surface area contributed by atoms with Crippen LogP contribution in [0.4, 0.5) is 5.95 Å². The number of fused-ring (bicyclic) bond motifs is 1. The van der Waals surface area contributed by atoms with Gasteiger partial charge in [0.05, 0.1) is 12.8 Å². The van der Waals surface area contributed by atoms with Crippen LogP contribution in [0.15, 0.2) is 29.6 Å². The fraction of sp³-hybridized carbons (Fsp3) is 0.214. The van der Waals surface area contributed by atoms with Crippen LogP contribution in [-0.2, 0) is 4.79 Å². The summed E-state index contributed by atoms with van der Waals surface area (Å²) in [5.41, 5.74) is 1.76. The smallest absolute Gasteiger partial charge is 0.250 e. The van der Waals surface area contributed by atoms with Crippen LogP contribution in [0.5, 0.6) is 5.75 Å². The Labute approximate surface area is 135 Å². The Morgan fingerprint density at radius 2 is 2.23 bits per heavy atom. The van der Waals surface area contributed by atoms with Gasteiger partial charge in [-0.3, -0.25) is 10.1 Å². The molecule has 3 rings (SSSR count). The molecular weight excluding hydrogens is 324 g/mol. The third-order valence-electron chi connectivity index (χ3n) is 3.06. The third kappa shape index (κ3) is 2.65. The third-order valence-corrected chi connectivity index (χ3v) is 4.08. The first-order valence-electron chi connectivity index (χ1n) is 6.52. The van der Waals surface area contributed by atoms with E-state index in [2.05, 4.69) is 15.4 Å². The monoisotopic (exact) mass is 336 g/mol. The molecule has 0 aliphatic heterocycles. The van der Waals surface area contributed by atoms with Gasteiger partial charge in [-0.1, -0.05) is 12.1 Å². The number of hydrogen-bond donors (Lipinski definition) is 1. The van der Waals surface area contributed by atoms with E-state index in [1.807, 2.05) is 29.6 Å². The number of carbonyl (C=O) groups excluding carboxylic acids is 1. The van der Waals surface area contributed by atoms with Gasteiger partial charge in [0, 0.05) is 10.9 Å². The van der Waals surface area contributed by atoms with Crippen molar-refractivity contribution in [3.8, 4) is 17.0 Å². The first-order chi connectivity index (χ1) is 10.6. The van der Waals surface area contributed by atoms with Gasteiger partial charge in [0.15, 0.2) is 0 Å². The van der Waals surface area contributed by atoms with Crippen LogP contribution < -0.4 is 10.1 Å². The highest BCUT2D eigenvalue weighted by molar-refractivity contribution is 7.15. The first-order valence-corrected chi connectivity index (χ1v) is 7.84. The standard InChI is InChI=1S/C14H13ClN4O2S/c1-8(15)12(20)16-13-17-14-19(18-13)10(7-22-14)9-5-3-4-6-11(9)21-2/h3-8H,1-2H3,(H,16,18,20). The average Bonchev–Trinajstić information content (AvgIpc) is 3.06. The summed E-state index contributed by atoms with van der Waals surface area (Å²) in [7, 11) is 1.62. The number of methoxy groups -OCH3 is 1. The van der Waals surface area contributed by atoms with Gasteiger partial charge in [0.25, 0.3) is 5.95 Å². The maximum atomic E-state index is 11.6. The number of anilines is 1. The molecule has 0 spiro atoms. The molecule has 0 fully saturated rings. The van der Waals surface area contributed by atoms with Crippen molar-refractivity contribution in [2.75, 3.05) is 12.4 Å². The number of halogens is 1. The summed E-state index contributed by atoms with van der Waals surface area (Å²) in [5, 5.41) is 8.21. The summed E-state index contributed by atoms with van der Waals surface area (Å²) >= 11 is 7.16. The topological polar surface area (TPSA) is 68.5 Å². The molecule has 1 aromatic carbocycles. The number of alkyl halides is 1. The van der Waals surface area contributed by atoms with E-state index in [4.69, 9.17) is 16.3 Å². The summed E-state index contributed by atoms with van der Waals surface area (Å²) in [4.78, 5) is 16.6. The minimum atomic E-state index is -0.643. The van der Waals surface area contributed by atoms with Gasteiger partial charge in [0.1, 0.15) is 11.1 Å². The molecule has 2 heterocycles. The average molecular weight is 337 g/mol. The second-order valence-corrected chi connectivity index (χ2v) is 6.05. The molecule has 0 saturated carbocycles. The van der Waals surface area contributed by atoms with Gasteiger partial charge in [0.2, 0.25) is 10.9 Å². The Morgan fingerprint density at radius 3 is 2.95 bits per heavy atom. The molecule has 3 aromatic rings. The molecule has 2 aromatic heterocycles. The minimum Gasteiger partial charge on any atom is -0.496 e. The van der Waals surface area contributed by atoms with Gasteiger partial charge >= 0.3 is 0 Å². The maximum Gasteiger partial charge on any atom is 0.250 e. The van der Waals surface area contributed by atoms with Gasteiger partial charge in [-0.2, -0.15) is 4.98 Å². The lowest BCUT2D eigenvalue weighted by Gasteiger charge is -2.06. The van der Waals surface area contributed by atoms with E-state index in [0.29, 0.717) is 4.96 Å². The highest BCUT2D eigenvalue weighted by Gasteiger charge is 2.17. The van der Waals surface area contributed by atoms with Crippen LogP contribution in [0, 0.1) is 0 Å². The van der Waals surface area contributed by atoms with Crippen molar-refractivity contribution in [3.63, 3.8) is 0 Å². The Morgan fingerprint density at radius 1 is 1.45 bits per heavy atom. The van der Waals surface area contributed by atoms with Crippen LogP contribution in [0.25, 0.3) is 16.2 Å². The fourth-order valence-electron chi connectivity index (χ4n) is 1.99. The number of carbonyl (C=O) groups is 1. The summed E-state index contributed by atoms with van der Waals surface area (Å²) in [6.45, 7) is 1.59. The SMILES string of the molecule is COc1ccccc1-c1csc2nc(NC(=O)C(C)Cl)nn12. The van der Waals surface area contributed by atoms with E-state index in [-0.39, 0.29) is 11.9 Å². The molecule has 0 saturated heterocycles. The molecule has 0 bridgehead atoms. The second kappa shape index (κ2) is 5.94. The Hall–Kier alpha value is -2.12. The molecule has 0 aliphatic rings. The van der Waals surface area contributed by atoms with E-state index in [1.54, 1.807) is 18.5 Å². The zero-order valence-electron chi connectivity index (χ0n) is 11.9. The van der Waals surface area contributed by atoms with E-state index < -0.39 is 5.38 Å². The molecule has 114 valence electrons. The molecular formula is C14H13ClN4O2S. The van der Waals surface area contributed by atoms with E-state index in [0.717, 1.165) is 17.0 Å². The fourth-order valence-corrected chi connectivity index (χ4v) is 2.86. The highest BCUT2D eigenvalue weighted by Crippen LogP contribution is 2.32. The summed E-state index contributed by atoms with van der Waals surface area (Å²) in [5.74, 6) is 0.650. The maximum absolute atomic E-state index is 11.6. The van der Waals surface area contributed by atoms with Gasteiger partial charge in [-0.25, -0.2) is 4.52 Å². The lowest BCUT2D eigenvalue weighted by atomic mass is 10.1. The van der Waals surface area contributed by atoms with Crippen LogP contribution >= 0.6 is 22.9 Å². The van der Waals surface area contributed by atoms with Crippen molar-refractivity contribution in [1.29, 1.82) is 0 Å². The predicted octanol–water partition coefficient (Wildman–Crippen LogP) is 3.03. The molecule has 1 N–H and O–H groups in total. The highest BCUT2D eigenvalue weighted by atomic mass is 35.5. The predicted molar refractivity (Wildman–Crippen MR) is 86.8 cm³/mol. The molecule has 1 atom stereocenters. The normalized spacial score (nSPS) is 12.3. The zero-order chi connectivity index (χ0) is 15.7. The summed E-state index contributed by atoms with van der Waals surface area (Å²) in [6, 6.07) is 7.66. The van der Waals surface area contributed by atoms with Crippen LogP contribution in [0.3, 0.4) is 0 Å². The number of amides is 1. The number of para-hydroxylation sites is 1. The number of aromatic nitrogens is 3. The van der Waals surface area contributed by atoms with Crippen molar-refractivity contribution >= 4 is 39.8 Å². The summed E-state index contributed by atoms with van der Waals surface area (Å²) < 4.78 is 7.05. The number of ether oxygens (including phenoxy) is 1. The molecule has 1 unspecified atom stereocenters. The number of benzene rings is 1. The summed E-state index contributed by atoms with van der Waals surface area (Å²) in [6.07, 6.45) is 0. The Balaban J connectivity index is 2.02. The Bertz CT molecular complexity index is 827. The number of nitrogens with one attached hydrogen (secondary N) is 1. The largest absolute Gasteiger partial charge is 0.496 e. The number of hydrogen-bond acceptors (Lipinski definition) is 5. The van der Waals surface area contributed by atoms with Crippen LogP contribution in [0.2, 0.25) is 0 Å². The molecule has 8 heteroatoms. The van der Waals surface area contributed by atoms with Gasteiger partial charge < -0.3 is 4.74 Å². The molecule has 22 heavy (non-hydrogen) atoms.